The van der Waals surface area contributed by atoms with Crippen molar-refractivity contribution in [3.63, 3.8) is 0 Å². The number of likely N-dealkylation sites (tertiary alicyclic amines) is 1. The normalized spacial score (nSPS) is 18.0. The standard InChI is InChI=1S/C17H21BrN4O2/c1-17(2,3)24-16(23)22-9-5-7-14(22)13-10-12(20-21-13)11-6-4-8-15(18)19-11/h4,6,8,10,14H,5,7,9H2,1-3H3,(H,20,21). The summed E-state index contributed by atoms with van der Waals surface area (Å²) in [6.07, 6.45) is 1.57. The zero-order valence-corrected chi connectivity index (χ0v) is 15.6. The Labute approximate surface area is 149 Å². The van der Waals surface area contributed by atoms with E-state index in [1.54, 1.807) is 4.90 Å². The molecule has 3 heterocycles. The van der Waals surface area contributed by atoms with Gasteiger partial charge in [0, 0.05) is 6.54 Å². The first kappa shape index (κ1) is 17.0. The largest absolute Gasteiger partial charge is 0.444 e. The third-order valence-corrected chi connectivity index (χ3v) is 4.26. The first-order chi connectivity index (χ1) is 11.3. The van der Waals surface area contributed by atoms with E-state index in [-0.39, 0.29) is 12.1 Å². The summed E-state index contributed by atoms with van der Waals surface area (Å²) in [5, 5.41) is 7.41. The summed E-state index contributed by atoms with van der Waals surface area (Å²) < 4.78 is 6.28. The highest BCUT2D eigenvalue weighted by molar-refractivity contribution is 9.10. The van der Waals surface area contributed by atoms with Crippen LogP contribution in [0, 0.1) is 0 Å². The van der Waals surface area contributed by atoms with Crippen LogP contribution in [0.25, 0.3) is 11.4 Å². The van der Waals surface area contributed by atoms with Gasteiger partial charge in [-0.05, 0) is 67.7 Å². The van der Waals surface area contributed by atoms with E-state index in [9.17, 15) is 4.79 Å². The SMILES string of the molecule is CC(C)(C)OC(=O)N1CCCC1c1cc(-c2cccc(Br)n2)n[nH]1. The molecule has 1 aliphatic rings. The molecule has 1 fully saturated rings. The summed E-state index contributed by atoms with van der Waals surface area (Å²) in [5.41, 5.74) is 1.97. The summed E-state index contributed by atoms with van der Waals surface area (Å²) in [5.74, 6) is 0. The van der Waals surface area contributed by atoms with Crippen molar-refractivity contribution in [2.24, 2.45) is 0 Å². The molecule has 6 nitrogen and oxygen atoms in total. The number of hydrogen-bond acceptors (Lipinski definition) is 4. The molecular formula is C17H21BrN4O2. The third kappa shape index (κ3) is 3.77. The van der Waals surface area contributed by atoms with Crippen LogP contribution in [0.5, 0.6) is 0 Å². The van der Waals surface area contributed by atoms with E-state index in [1.807, 2.05) is 45.0 Å². The van der Waals surface area contributed by atoms with Gasteiger partial charge in [-0.2, -0.15) is 5.10 Å². The summed E-state index contributed by atoms with van der Waals surface area (Å²) in [6.45, 7) is 6.33. The maximum absolute atomic E-state index is 12.4. The van der Waals surface area contributed by atoms with Crippen molar-refractivity contribution in [1.29, 1.82) is 0 Å². The van der Waals surface area contributed by atoms with E-state index >= 15 is 0 Å². The number of nitrogens with one attached hydrogen (secondary N) is 1. The monoisotopic (exact) mass is 392 g/mol. The molecule has 1 N–H and O–H groups in total. The Bertz CT molecular complexity index is 738. The lowest BCUT2D eigenvalue weighted by molar-refractivity contribution is 0.0221. The van der Waals surface area contributed by atoms with Crippen molar-refractivity contribution in [2.45, 2.75) is 45.3 Å². The van der Waals surface area contributed by atoms with Crippen molar-refractivity contribution in [1.82, 2.24) is 20.1 Å². The first-order valence-electron chi connectivity index (χ1n) is 8.01. The minimum atomic E-state index is -0.496. The fourth-order valence-electron chi connectivity index (χ4n) is 2.82. The number of H-pyrrole nitrogens is 1. The number of carbonyl (C=O) groups excluding carboxylic acids is 1. The molecule has 0 aliphatic carbocycles. The molecule has 2 aromatic rings. The van der Waals surface area contributed by atoms with Crippen LogP contribution < -0.4 is 0 Å². The molecule has 0 radical (unpaired) electrons. The second-order valence-corrected chi connectivity index (χ2v) is 7.70. The van der Waals surface area contributed by atoms with Gasteiger partial charge >= 0.3 is 6.09 Å². The molecule has 0 bridgehead atoms. The Morgan fingerprint density at radius 3 is 2.88 bits per heavy atom. The average molecular weight is 393 g/mol. The fraction of sp³-hybridized carbons (Fsp3) is 0.471. The number of aromatic amines is 1. The molecule has 1 amide bonds. The molecule has 1 saturated heterocycles. The van der Waals surface area contributed by atoms with Gasteiger partial charge in [-0.3, -0.25) is 10.00 Å². The van der Waals surface area contributed by atoms with Crippen molar-refractivity contribution in [2.75, 3.05) is 6.54 Å². The van der Waals surface area contributed by atoms with Crippen LogP contribution in [-0.4, -0.2) is 38.3 Å². The Morgan fingerprint density at radius 2 is 2.17 bits per heavy atom. The van der Waals surface area contributed by atoms with Crippen LogP contribution >= 0.6 is 15.9 Å². The number of hydrogen-bond donors (Lipinski definition) is 1. The van der Waals surface area contributed by atoms with Crippen molar-refractivity contribution in [3.05, 3.63) is 34.6 Å². The van der Waals surface area contributed by atoms with E-state index in [2.05, 4.69) is 31.1 Å². The number of carbonyl (C=O) groups is 1. The van der Waals surface area contributed by atoms with E-state index < -0.39 is 5.60 Å². The van der Waals surface area contributed by atoms with Crippen molar-refractivity contribution >= 4 is 22.0 Å². The molecule has 0 saturated carbocycles. The van der Waals surface area contributed by atoms with Gasteiger partial charge in [0.15, 0.2) is 0 Å². The maximum Gasteiger partial charge on any atom is 0.410 e. The van der Waals surface area contributed by atoms with Gasteiger partial charge in [0.2, 0.25) is 0 Å². The molecule has 128 valence electrons. The van der Waals surface area contributed by atoms with Gasteiger partial charge in [0.25, 0.3) is 0 Å². The summed E-state index contributed by atoms with van der Waals surface area (Å²) >= 11 is 3.37. The summed E-state index contributed by atoms with van der Waals surface area (Å²) in [6, 6.07) is 7.63. The molecule has 7 heteroatoms. The number of aromatic nitrogens is 3. The van der Waals surface area contributed by atoms with Crippen LogP contribution in [0.3, 0.4) is 0 Å². The Hall–Kier alpha value is -1.89. The van der Waals surface area contributed by atoms with Crippen LogP contribution in [0.1, 0.15) is 45.3 Å². The molecule has 1 unspecified atom stereocenters. The predicted octanol–water partition coefficient (Wildman–Crippen LogP) is 4.31. The van der Waals surface area contributed by atoms with Gasteiger partial charge < -0.3 is 4.74 Å². The number of nitrogens with zero attached hydrogens (tertiary/aromatic N) is 3. The molecular weight excluding hydrogens is 372 g/mol. The highest BCUT2D eigenvalue weighted by Crippen LogP contribution is 2.33. The van der Waals surface area contributed by atoms with Gasteiger partial charge in [-0.1, -0.05) is 6.07 Å². The van der Waals surface area contributed by atoms with Gasteiger partial charge in [-0.25, -0.2) is 9.78 Å². The number of pyridine rings is 1. The molecule has 1 atom stereocenters. The quantitative estimate of drug-likeness (QED) is 0.772. The third-order valence-electron chi connectivity index (χ3n) is 3.82. The maximum atomic E-state index is 12.4. The fourth-order valence-corrected chi connectivity index (χ4v) is 3.16. The van der Waals surface area contributed by atoms with E-state index in [1.165, 1.54) is 0 Å². The molecule has 3 rings (SSSR count). The van der Waals surface area contributed by atoms with Crippen LogP contribution in [-0.2, 0) is 4.74 Å². The van der Waals surface area contributed by atoms with Crippen LogP contribution in [0.15, 0.2) is 28.9 Å². The molecule has 24 heavy (non-hydrogen) atoms. The first-order valence-corrected chi connectivity index (χ1v) is 8.81. The lowest BCUT2D eigenvalue weighted by Crippen LogP contribution is -2.36. The highest BCUT2D eigenvalue weighted by Gasteiger charge is 2.34. The Morgan fingerprint density at radius 1 is 1.38 bits per heavy atom. The van der Waals surface area contributed by atoms with E-state index in [0.717, 1.165) is 34.5 Å². The zero-order valence-electron chi connectivity index (χ0n) is 14.0. The number of amides is 1. The molecule has 0 aromatic carbocycles. The summed E-state index contributed by atoms with van der Waals surface area (Å²) in [4.78, 5) is 18.6. The average Bonchev–Trinajstić information content (AvgIpc) is 3.14. The number of ether oxygens (including phenoxy) is 1. The Balaban J connectivity index is 1.80. The Kier molecular flexibility index (Phi) is 4.62. The highest BCUT2D eigenvalue weighted by atomic mass is 79.9. The molecule has 0 spiro atoms. The second-order valence-electron chi connectivity index (χ2n) is 6.89. The molecule has 1 aliphatic heterocycles. The second kappa shape index (κ2) is 6.55. The van der Waals surface area contributed by atoms with E-state index in [0.29, 0.717) is 6.54 Å². The van der Waals surface area contributed by atoms with Crippen molar-refractivity contribution < 1.29 is 9.53 Å². The van der Waals surface area contributed by atoms with Gasteiger partial charge in [-0.15, -0.1) is 0 Å². The predicted molar refractivity (Wildman–Crippen MR) is 94.4 cm³/mol. The summed E-state index contributed by atoms with van der Waals surface area (Å²) in [7, 11) is 0. The van der Waals surface area contributed by atoms with Gasteiger partial charge in [0.1, 0.15) is 15.9 Å². The topological polar surface area (TPSA) is 71.1 Å². The number of rotatable bonds is 2. The zero-order chi connectivity index (χ0) is 17.3. The lowest BCUT2D eigenvalue weighted by Gasteiger charge is -2.28. The van der Waals surface area contributed by atoms with Crippen molar-refractivity contribution in [3.8, 4) is 11.4 Å². The number of halogens is 1. The minimum Gasteiger partial charge on any atom is -0.444 e. The van der Waals surface area contributed by atoms with Crippen LogP contribution in [0.2, 0.25) is 0 Å². The van der Waals surface area contributed by atoms with E-state index in [4.69, 9.17) is 4.74 Å². The smallest absolute Gasteiger partial charge is 0.410 e. The lowest BCUT2D eigenvalue weighted by atomic mass is 10.1. The van der Waals surface area contributed by atoms with Gasteiger partial charge in [0.05, 0.1) is 17.4 Å². The van der Waals surface area contributed by atoms with Crippen LogP contribution in [0.4, 0.5) is 4.79 Å². The molecule has 2 aromatic heterocycles. The minimum absolute atomic E-state index is 0.0340.